The Hall–Kier alpha value is -2.78. The largest absolute Gasteiger partial charge is 0.485 e. The van der Waals surface area contributed by atoms with Gasteiger partial charge in [-0.3, -0.25) is 4.79 Å². The van der Waals surface area contributed by atoms with Crippen molar-refractivity contribution in [2.75, 3.05) is 63.7 Å². The number of sulfonamides is 1. The minimum absolute atomic E-state index is 0.122. The molecule has 1 saturated heterocycles. The molecule has 9 heteroatoms. The minimum atomic E-state index is -3.66. The predicted molar refractivity (Wildman–Crippen MR) is 134 cm³/mol. The Morgan fingerprint density at radius 1 is 1.06 bits per heavy atom. The number of nitrogens with zero attached hydrogens (tertiary/aromatic N) is 4. The van der Waals surface area contributed by atoms with Crippen LogP contribution in [0.15, 0.2) is 47.4 Å². The Morgan fingerprint density at radius 3 is 2.44 bits per heavy atom. The highest BCUT2D eigenvalue weighted by atomic mass is 32.2. The second-order valence-corrected chi connectivity index (χ2v) is 11.2. The van der Waals surface area contributed by atoms with Crippen LogP contribution in [0.3, 0.4) is 0 Å². The van der Waals surface area contributed by atoms with E-state index in [0.717, 1.165) is 49.6 Å². The van der Waals surface area contributed by atoms with Gasteiger partial charge >= 0.3 is 0 Å². The van der Waals surface area contributed by atoms with Gasteiger partial charge in [-0.1, -0.05) is 12.1 Å². The molecule has 1 amide bonds. The number of hydrogen-bond donors (Lipinski definition) is 0. The maximum atomic E-state index is 13.7. The van der Waals surface area contributed by atoms with Crippen molar-refractivity contribution in [3.05, 3.63) is 48.0 Å². The molecule has 0 aliphatic carbocycles. The van der Waals surface area contributed by atoms with Gasteiger partial charge in [0.05, 0.1) is 29.2 Å². The van der Waals surface area contributed by atoms with E-state index >= 15 is 0 Å². The average Bonchev–Trinajstić information content (AvgIpc) is 3.37. The van der Waals surface area contributed by atoms with Crippen LogP contribution < -0.4 is 14.5 Å². The summed E-state index contributed by atoms with van der Waals surface area (Å²) < 4.78 is 32.9. The van der Waals surface area contributed by atoms with Crippen molar-refractivity contribution in [2.24, 2.45) is 0 Å². The summed E-state index contributed by atoms with van der Waals surface area (Å²) in [6.45, 7) is 5.74. The second kappa shape index (κ2) is 9.84. The zero-order valence-electron chi connectivity index (χ0n) is 20.4. The van der Waals surface area contributed by atoms with Crippen LogP contribution in [0, 0.1) is 0 Å². The summed E-state index contributed by atoms with van der Waals surface area (Å²) in [4.78, 5) is 19.8. The summed E-state index contributed by atoms with van der Waals surface area (Å²) in [5.74, 6) is 0.612. The van der Waals surface area contributed by atoms with Crippen molar-refractivity contribution in [1.82, 2.24) is 9.21 Å². The van der Waals surface area contributed by atoms with Gasteiger partial charge in [-0.05, 0) is 50.1 Å². The van der Waals surface area contributed by atoms with Crippen LogP contribution in [0.4, 0.5) is 11.4 Å². The number of para-hydroxylation sites is 2. The molecule has 1 fully saturated rings. The number of ether oxygens (including phenoxy) is 1. The molecule has 2 aromatic rings. The summed E-state index contributed by atoms with van der Waals surface area (Å²) in [6, 6.07) is 12.8. The monoisotopic (exact) mass is 486 g/mol. The first-order chi connectivity index (χ1) is 16.2. The van der Waals surface area contributed by atoms with Crippen molar-refractivity contribution >= 4 is 27.3 Å². The van der Waals surface area contributed by atoms with Gasteiger partial charge < -0.3 is 19.4 Å². The molecule has 34 heavy (non-hydrogen) atoms. The predicted octanol–water partition coefficient (Wildman–Crippen LogP) is 2.90. The van der Waals surface area contributed by atoms with E-state index in [2.05, 4.69) is 16.7 Å². The molecule has 0 bridgehead atoms. The number of anilines is 2. The van der Waals surface area contributed by atoms with Crippen molar-refractivity contribution in [1.29, 1.82) is 0 Å². The van der Waals surface area contributed by atoms with Crippen LogP contribution in [-0.2, 0) is 10.0 Å². The van der Waals surface area contributed by atoms with Crippen molar-refractivity contribution in [2.45, 2.75) is 30.8 Å². The third kappa shape index (κ3) is 4.72. The summed E-state index contributed by atoms with van der Waals surface area (Å²) in [6.07, 6.45) is 1.93. The van der Waals surface area contributed by atoms with Gasteiger partial charge in [0.15, 0.2) is 0 Å². The number of fused-ring (bicyclic) bond motifs is 1. The Balaban J connectivity index is 1.61. The van der Waals surface area contributed by atoms with E-state index in [9.17, 15) is 13.2 Å². The number of carbonyl (C=O) groups excluding carboxylic acids is 1. The van der Waals surface area contributed by atoms with Crippen LogP contribution in [-0.4, -0.2) is 83.5 Å². The maximum Gasteiger partial charge on any atom is 0.255 e. The van der Waals surface area contributed by atoms with Crippen molar-refractivity contribution in [3.8, 4) is 5.75 Å². The lowest BCUT2D eigenvalue weighted by molar-refractivity contribution is 0.0710. The molecule has 4 rings (SSSR count). The van der Waals surface area contributed by atoms with Gasteiger partial charge in [-0.15, -0.1) is 0 Å². The fraction of sp³-hybridized carbons (Fsp3) is 0.480. The minimum Gasteiger partial charge on any atom is -0.485 e. The molecule has 2 aliphatic heterocycles. The average molecular weight is 487 g/mol. The number of benzene rings is 2. The number of carbonyl (C=O) groups is 1. The molecule has 2 aliphatic rings. The molecule has 0 N–H and O–H groups in total. The quantitative estimate of drug-likeness (QED) is 0.599. The standard InChI is InChI=1S/C25H34N4O4S/c1-5-28-18-19(33-24-11-7-6-10-23(24)28)17-27(4)25(30)21-16-20(34(31,32)26(2)3)12-13-22(21)29-14-8-9-15-29/h6-7,10-13,16,19H,5,8-9,14-15,17-18H2,1-4H3/t19-/m1/s1. The van der Waals surface area contributed by atoms with E-state index in [4.69, 9.17) is 4.74 Å². The Morgan fingerprint density at radius 2 is 1.76 bits per heavy atom. The molecule has 2 heterocycles. The zero-order chi connectivity index (χ0) is 24.5. The Bertz CT molecular complexity index is 1150. The van der Waals surface area contributed by atoms with Crippen molar-refractivity contribution in [3.63, 3.8) is 0 Å². The highest BCUT2D eigenvalue weighted by molar-refractivity contribution is 7.89. The normalized spacial score (nSPS) is 18.1. The Kier molecular flexibility index (Phi) is 7.04. The van der Waals surface area contributed by atoms with Crippen LogP contribution in [0.5, 0.6) is 5.75 Å². The lowest BCUT2D eigenvalue weighted by Crippen LogP contribution is -2.47. The smallest absolute Gasteiger partial charge is 0.255 e. The number of rotatable bonds is 7. The number of likely N-dealkylation sites (N-methyl/N-ethyl adjacent to an activating group) is 2. The van der Waals surface area contributed by atoms with Gasteiger partial charge in [0.25, 0.3) is 5.91 Å². The highest BCUT2D eigenvalue weighted by Crippen LogP contribution is 2.33. The van der Waals surface area contributed by atoms with Gasteiger partial charge in [0, 0.05) is 46.5 Å². The van der Waals surface area contributed by atoms with E-state index in [1.54, 1.807) is 24.1 Å². The van der Waals surface area contributed by atoms with Crippen LogP contribution in [0.1, 0.15) is 30.1 Å². The summed E-state index contributed by atoms with van der Waals surface area (Å²) >= 11 is 0. The SMILES string of the molecule is CCN1C[C@@H](CN(C)C(=O)c2cc(S(=O)(=O)N(C)C)ccc2N2CCCC2)Oc2ccccc21. The van der Waals surface area contributed by atoms with Crippen LogP contribution >= 0.6 is 0 Å². The first kappa shape index (κ1) is 24.3. The van der Waals surface area contributed by atoms with Gasteiger partial charge in [-0.25, -0.2) is 12.7 Å². The molecule has 184 valence electrons. The molecular formula is C25H34N4O4S. The highest BCUT2D eigenvalue weighted by Gasteiger charge is 2.30. The first-order valence-corrected chi connectivity index (χ1v) is 13.2. The molecular weight excluding hydrogens is 452 g/mol. The van der Waals surface area contributed by atoms with Gasteiger partial charge in [0.1, 0.15) is 11.9 Å². The molecule has 0 spiro atoms. The van der Waals surface area contributed by atoms with Crippen LogP contribution in [0.25, 0.3) is 0 Å². The fourth-order valence-corrected chi connectivity index (χ4v) is 5.59. The summed E-state index contributed by atoms with van der Waals surface area (Å²) in [7, 11) is 1.09. The number of amides is 1. The molecule has 0 unspecified atom stereocenters. The van der Waals surface area contributed by atoms with Crippen molar-refractivity contribution < 1.29 is 17.9 Å². The summed E-state index contributed by atoms with van der Waals surface area (Å²) in [5.41, 5.74) is 2.26. The van der Waals surface area contributed by atoms with E-state index in [1.165, 1.54) is 24.5 Å². The third-order valence-corrected chi connectivity index (χ3v) is 8.36. The second-order valence-electron chi connectivity index (χ2n) is 9.09. The molecule has 1 atom stereocenters. The van der Waals surface area contributed by atoms with E-state index < -0.39 is 10.0 Å². The molecule has 2 aromatic carbocycles. The lowest BCUT2D eigenvalue weighted by atomic mass is 10.1. The Labute approximate surface area is 202 Å². The number of hydrogen-bond acceptors (Lipinski definition) is 6. The van der Waals surface area contributed by atoms with E-state index in [1.807, 2.05) is 24.3 Å². The van der Waals surface area contributed by atoms with E-state index in [0.29, 0.717) is 18.7 Å². The van der Waals surface area contributed by atoms with Gasteiger partial charge in [-0.2, -0.15) is 0 Å². The van der Waals surface area contributed by atoms with Gasteiger partial charge in [0.2, 0.25) is 10.0 Å². The molecule has 0 aromatic heterocycles. The third-order valence-electron chi connectivity index (χ3n) is 6.55. The lowest BCUT2D eigenvalue weighted by Gasteiger charge is -2.37. The van der Waals surface area contributed by atoms with Crippen LogP contribution in [0.2, 0.25) is 0 Å². The topological polar surface area (TPSA) is 73.4 Å². The van der Waals surface area contributed by atoms with E-state index in [-0.39, 0.29) is 16.9 Å². The summed E-state index contributed by atoms with van der Waals surface area (Å²) in [5, 5.41) is 0. The first-order valence-electron chi connectivity index (χ1n) is 11.8. The maximum absolute atomic E-state index is 13.7. The molecule has 0 saturated carbocycles. The zero-order valence-corrected chi connectivity index (χ0v) is 21.2. The fourth-order valence-electron chi connectivity index (χ4n) is 4.66. The molecule has 8 nitrogen and oxygen atoms in total. The molecule has 0 radical (unpaired) electrons.